The van der Waals surface area contributed by atoms with Crippen LogP contribution in [0.15, 0.2) is 46.7 Å². The number of aliphatic imine (C=N–C) groups is 1. The standard InChI is InChI=1S/C39H60N4O5/c1-5-7-11-37-28(23-44)19-29(48-37)15-12-26-13-17-36(46)38(18-26)47-24-35(41-6-2)33-20-31-32(43-33)16-14-27-9-8-10-30(27)39(31)34(22-40-4)42-21-25(3)45/h13,17-20,25,27,30,34-35,37,39-42,44-46H,5-12,14-16,21-24H2,1-4H3/t25-,27+,30-,34-,35-,37?,39+/m0/s1. The van der Waals surface area contributed by atoms with Gasteiger partial charge in [-0.05, 0) is 75.7 Å². The van der Waals surface area contributed by atoms with Crippen LogP contribution in [0.5, 0.6) is 11.5 Å². The predicted octanol–water partition coefficient (Wildman–Crippen LogP) is 5.02. The minimum Gasteiger partial charge on any atom is -0.592 e. The molecule has 48 heavy (non-hydrogen) atoms. The summed E-state index contributed by atoms with van der Waals surface area (Å²) in [6, 6.07) is 6.65. The van der Waals surface area contributed by atoms with Crippen molar-refractivity contribution in [1.82, 2.24) is 16.0 Å². The Labute approximate surface area is 288 Å². The van der Waals surface area contributed by atoms with Gasteiger partial charge in [-0.3, -0.25) is 5.32 Å². The number of aliphatic hydroxyl groups is 2. The molecule has 0 aromatic heterocycles. The van der Waals surface area contributed by atoms with Gasteiger partial charge in [0.25, 0.3) is 0 Å². The number of aryl methyl sites for hydroxylation is 1. The summed E-state index contributed by atoms with van der Waals surface area (Å²) in [5, 5.41) is 41.4. The maximum atomic E-state index is 10.7. The Morgan fingerprint density at radius 1 is 1.15 bits per heavy atom. The molecule has 0 spiro atoms. The van der Waals surface area contributed by atoms with Crippen LogP contribution in [0.3, 0.4) is 0 Å². The molecule has 2 aliphatic heterocycles. The van der Waals surface area contributed by atoms with E-state index in [-0.39, 0.29) is 30.5 Å². The van der Waals surface area contributed by atoms with Crippen molar-refractivity contribution in [3.05, 3.63) is 59.2 Å². The molecule has 1 unspecified atom stereocenters. The molecule has 2 saturated carbocycles. The first kappa shape index (κ1) is 36.6. The van der Waals surface area contributed by atoms with Crippen molar-refractivity contribution in [3.63, 3.8) is 0 Å². The van der Waals surface area contributed by atoms with Crippen LogP contribution < -0.4 is 20.7 Å². The summed E-state index contributed by atoms with van der Waals surface area (Å²) in [6.45, 7) is 8.65. The summed E-state index contributed by atoms with van der Waals surface area (Å²) in [7, 11) is 2.01. The molecule has 0 radical (unpaired) electrons. The Morgan fingerprint density at radius 3 is 2.75 bits per heavy atom. The van der Waals surface area contributed by atoms with Crippen LogP contribution in [0, 0.1) is 29.7 Å². The van der Waals surface area contributed by atoms with Crippen molar-refractivity contribution in [2.75, 3.05) is 39.9 Å². The molecule has 4 aliphatic rings. The topological polar surface area (TPSA) is 128 Å². The number of aliphatic hydroxyl groups excluding tert-OH is 2. The third kappa shape index (κ3) is 9.10. The van der Waals surface area contributed by atoms with Crippen molar-refractivity contribution >= 4 is 5.71 Å². The molecule has 6 N–H and O–H groups in total. The van der Waals surface area contributed by atoms with E-state index in [4.69, 9.17) is 14.5 Å². The van der Waals surface area contributed by atoms with E-state index in [9.17, 15) is 15.3 Å². The van der Waals surface area contributed by atoms with Crippen LogP contribution in [0.4, 0.5) is 0 Å². The summed E-state index contributed by atoms with van der Waals surface area (Å²) in [4.78, 5) is 5.27. The highest BCUT2D eigenvalue weighted by molar-refractivity contribution is 6.04. The van der Waals surface area contributed by atoms with Gasteiger partial charge in [0.1, 0.15) is 18.2 Å². The zero-order chi connectivity index (χ0) is 34.0. The highest BCUT2D eigenvalue weighted by Crippen LogP contribution is 2.48. The van der Waals surface area contributed by atoms with Crippen LogP contribution in [0.1, 0.15) is 84.1 Å². The Balaban J connectivity index is 1.27. The normalized spacial score (nSPS) is 25.4. The second-order valence-corrected chi connectivity index (χ2v) is 14.2. The molecule has 2 heterocycles. The minimum atomic E-state index is -0.402. The Morgan fingerprint density at radius 2 is 2.00 bits per heavy atom. The number of phenolic OH excluding ortho intramolecular Hbond substituents is 1. The lowest BCUT2D eigenvalue weighted by Gasteiger charge is -2.32. The number of nitrogens with zero attached hydrogens (tertiary/aromatic N) is 1. The van der Waals surface area contributed by atoms with Crippen LogP contribution in [0.25, 0.3) is 0 Å². The van der Waals surface area contributed by atoms with Gasteiger partial charge in [-0.15, -0.1) is 4.99 Å². The second kappa shape index (κ2) is 17.8. The maximum absolute atomic E-state index is 10.7. The molecular formula is C39H60N4O5. The van der Waals surface area contributed by atoms with Gasteiger partial charge in [-0.2, -0.15) is 12.0 Å². The molecule has 2 aliphatic carbocycles. The zero-order valence-electron chi connectivity index (χ0n) is 29.6. The number of hydrogen-bond donors (Lipinski definition) is 6. The number of phenols is 1. The lowest BCUT2D eigenvalue weighted by atomic mass is 9.75. The SMILES string of the molecule is CCCCC1OC(CCc2ccc(O)c(OC[C@H](NCC)[C+]3C=C4C(=N3)CC[C@H]3CCC[C@@H]3[C@H]4[C@H](CNC)NC[C@H](C)O)c2)=C[C-]1CO. The molecule has 0 bridgehead atoms. The number of rotatable bonds is 19. The minimum absolute atomic E-state index is 0.0175. The van der Waals surface area contributed by atoms with Crippen LogP contribution in [0.2, 0.25) is 0 Å². The van der Waals surface area contributed by atoms with Gasteiger partial charge in [0.2, 0.25) is 0 Å². The van der Waals surface area contributed by atoms with E-state index in [2.05, 4.69) is 35.9 Å². The van der Waals surface area contributed by atoms with Crippen LogP contribution in [-0.4, -0.2) is 85.2 Å². The summed E-state index contributed by atoms with van der Waals surface area (Å²) in [6.07, 6.45) is 14.5. The van der Waals surface area contributed by atoms with Gasteiger partial charge < -0.3 is 35.4 Å². The Bertz CT molecular complexity index is 1260. The molecule has 9 heteroatoms. The molecule has 266 valence electrons. The van der Waals surface area contributed by atoms with E-state index >= 15 is 0 Å². The fourth-order valence-electron chi connectivity index (χ4n) is 8.27. The molecule has 1 aromatic carbocycles. The number of fused-ring (bicyclic) bond motifs is 2. The highest BCUT2D eigenvalue weighted by atomic mass is 16.5. The number of allylic oxidation sites excluding steroid dienone is 1. The van der Waals surface area contributed by atoms with E-state index < -0.39 is 6.10 Å². The lowest BCUT2D eigenvalue weighted by Crippen LogP contribution is -2.49. The molecule has 0 saturated heterocycles. The molecule has 7 atom stereocenters. The monoisotopic (exact) mass is 664 g/mol. The largest absolute Gasteiger partial charge is 0.592 e. The number of unbranched alkanes of at least 4 members (excludes halogenated alkanes) is 1. The van der Waals surface area contributed by atoms with E-state index in [0.29, 0.717) is 30.7 Å². The fraction of sp³-hybridized carbons (Fsp3) is 0.667. The average Bonchev–Trinajstić information content (AvgIpc) is 3.81. The number of hydrogen-bond acceptors (Lipinski definition) is 9. The van der Waals surface area contributed by atoms with Crippen LogP contribution in [-0.2, 0) is 11.2 Å². The second-order valence-electron chi connectivity index (χ2n) is 14.2. The first-order valence-corrected chi connectivity index (χ1v) is 18.6. The van der Waals surface area contributed by atoms with Gasteiger partial charge in [0, 0.05) is 38.3 Å². The number of ether oxygens (including phenoxy) is 2. The van der Waals surface area contributed by atoms with Crippen molar-refractivity contribution in [2.24, 2.45) is 22.7 Å². The smallest absolute Gasteiger partial charge is 0.189 e. The summed E-state index contributed by atoms with van der Waals surface area (Å²) in [5.41, 5.74) is 3.62. The van der Waals surface area contributed by atoms with Crippen molar-refractivity contribution in [2.45, 2.75) is 109 Å². The maximum Gasteiger partial charge on any atom is 0.189 e. The quantitative estimate of drug-likeness (QED) is 0.114. The summed E-state index contributed by atoms with van der Waals surface area (Å²) in [5.74, 6) is 4.12. The molecule has 9 nitrogen and oxygen atoms in total. The molecule has 5 rings (SSSR count). The Hall–Kier alpha value is -2.69. The molecule has 1 aromatic rings. The predicted molar refractivity (Wildman–Crippen MR) is 192 cm³/mol. The zero-order valence-corrected chi connectivity index (χ0v) is 29.6. The highest BCUT2D eigenvalue weighted by Gasteiger charge is 2.50. The van der Waals surface area contributed by atoms with Gasteiger partial charge in [-0.25, -0.2) is 0 Å². The summed E-state index contributed by atoms with van der Waals surface area (Å²) >= 11 is 0. The number of likely N-dealkylation sites (N-methyl/N-ethyl adjacent to an activating group) is 2. The number of nitrogens with one attached hydrogen (secondary N) is 3. The van der Waals surface area contributed by atoms with Crippen LogP contribution >= 0.6 is 0 Å². The van der Waals surface area contributed by atoms with Gasteiger partial charge >= 0.3 is 0 Å². The van der Waals surface area contributed by atoms with Gasteiger partial charge in [0.15, 0.2) is 23.3 Å². The van der Waals surface area contributed by atoms with Crippen molar-refractivity contribution in [3.8, 4) is 11.5 Å². The average molecular weight is 665 g/mol. The number of benzene rings is 1. The van der Waals surface area contributed by atoms with Crippen molar-refractivity contribution in [1.29, 1.82) is 0 Å². The molecular weight excluding hydrogens is 604 g/mol. The Kier molecular flexibility index (Phi) is 13.6. The molecule has 2 fully saturated rings. The molecule has 0 amide bonds. The van der Waals surface area contributed by atoms with Gasteiger partial charge in [-0.1, -0.05) is 57.8 Å². The van der Waals surface area contributed by atoms with E-state index in [0.717, 1.165) is 80.8 Å². The first-order chi connectivity index (χ1) is 23.3. The summed E-state index contributed by atoms with van der Waals surface area (Å²) < 4.78 is 12.5. The lowest BCUT2D eigenvalue weighted by molar-refractivity contribution is 0.123. The van der Waals surface area contributed by atoms with Gasteiger partial charge in [0.05, 0.1) is 18.1 Å². The van der Waals surface area contributed by atoms with E-state index in [1.807, 2.05) is 32.2 Å². The number of aromatic hydroxyl groups is 1. The fourth-order valence-corrected chi connectivity index (χ4v) is 8.27. The van der Waals surface area contributed by atoms with E-state index in [1.54, 1.807) is 6.07 Å². The van der Waals surface area contributed by atoms with E-state index in [1.165, 1.54) is 37.0 Å². The van der Waals surface area contributed by atoms with Crippen molar-refractivity contribution < 1.29 is 24.8 Å². The third-order valence-corrected chi connectivity index (χ3v) is 10.7. The third-order valence-electron chi connectivity index (χ3n) is 10.7. The first-order valence-electron chi connectivity index (χ1n) is 18.6.